The Labute approximate surface area is 794 Å². The van der Waals surface area contributed by atoms with Gasteiger partial charge in [0.2, 0.25) is 27.6 Å². The summed E-state index contributed by atoms with van der Waals surface area (Å²) in [6, 6.07) is 47.0. The number of aryl methyl sites for hydroxylation is 3. The fourth-order valence-corrected chi connectivity index (χ4v) is 25.2. The zero-order chi connectivity index (χ0) is 92.6. The maximum absolute atomic E-state index is 13.4. The number of aliphatic hydroxyl groups excluding tert-OH is 1. The summed E-state index contributed by atoms with van der Waals surface area (Å²) in [7, 11) is 0. The normalized spacial score (nSPS) is 24.5. The van der Waals surface area contributed by atoms with Crippen LogP contribution in [0.4, 0.5) is 0 Å². The molecule has 6 heterocycles. The Bertz CT molecular complexity index is 6580. The van der Waals surface area contributed by atoms with Crippen LogP contribution < -0.4 is 5.43 Å². The number of amidine groups is 1. The van der Waals surface area contributed by atoms with Gasteiger partial charge in [-0.2, -0.15) is 0 Å². The fourth-order valence-electron chi connectivity index (χ4n) is 22.5. The third-order valence-corrected chi connectivity index (χ3v) is 32.6. The Morgan fingerprint density at radius 1 is 0.598 bits per heavy atom. The monoisotopic (exact) mass is 1930 g/mol. The van der Waals surface area contributed by atoms with Gasteiger partial charge in [-0.3, -0.25) is 33.8 Å². The summed E-state index contributed by atoms with van der Waals surface area (Å²) in [5, 5.41) is 52.8. The average molecular weight is 1940 g/mol. The molecule has 3 aromatic heterocycles. The molecular formula is C110H107Br2N3O15S2. The van der Waals surface area contributed by atoms with E-state index in [0.717, 1.165) is 150 Å². The topological polar surface area (TPSA) is 283 Å². The van der Waals surface area contributed by atoms with Crippen molar-refractivity contribution in [2.24, 2.45) is 27.7 Å². The number of Topliss-reactive ketones (excluding diaryl/α,β-unsaturated/α-hetero) is 2. The molecule has 11 aromatic rings. The largest absolute Gasteiger partial charge is 0.507 e. The molecule has 1 amide bonds. The number of carbonyl (C=O) groups is 6. The highest BCUT2D eigenvalue weighted by Gasteiger charge is 2.68. The number of amides is 1. The van der Waals surface area contributed by atoms with Crippen molar-refractivity contribution in [3.63, 3.8) is 0 Å². The number of halogens is 2. The number of aromatic hydroxyl groups is 4. The second-order valence-electron chi connectivity index (χ2n) is 38.1. The third kappa shape index (κ3) is 16.1. The fraction of sp³-hybridized carbons (Fsp3) is 0.318. The highest BCUT2D eigenvalue weighted by molar-refractivity contribution is 9.11. The number of benzene rings is 8. The van der Waals surface area contributed by atoms with Crippen LogP contribution in [0, 0.1) is 43.4 Å². The molecule has 0 spiro atoms. The minimum absolute atomic E-state index is 0. The van der Waals surface area contributed by atoms with E-state index in [1.807, 2.05) is 179 Å². The summed E-state index contributed by atoms with van der Waals surface area (Å²) in [5.74, 6) is 2.65. The predicted octanol–water partition coefficient (Wildman–Crippen LogP) is 26.0. The van der Waals surface area contributed by atoms with Gasteiger partial charge in [-0.15, -0.1) is 0 Å². The number of phenols is 4. The van der Waals surface area contributed by atoms with E-state index in [-0.39, 0.29) is 104 Å². The molecule has 8 aromatic carbocycles. The Balaban J connectivity index is 0.000000115. The van der Waals surface area contributed by atoms with E-state index in [2.05, 4.69) is 104 Å². The first kappa shape index (κ1) is 92.6. The van der Waals surface area contributed by atoms with Crippen molar-refractivity contribution in [3.8, 4) is 23.0 Å². The highest BCUT2D eigenvalue weighted by atomic mass is 79.9. The summed E-state index contributed by atoms with van der Waals surface area (Å²) in [6.45, 7) is 31.0. The summed E-state index contributed by atoms with van der Waals surface area (Å²) < 4.78 is 24.9. The van der Waals surface area contributed by atoms with Crippen LogP contribution in [0.2, 0.25) is 0 Å². The van der Waals surface area contributed by atoms with Gasteiger partial charge in [0.05, 0.1) is 33.6 Å². The van der Waals surface area contributed by atoms with E-state index in [4.69, 9.17) is 18.0 Å². The molecule has 0 radical (unpaired) electrons. The number of carbonyl (C=O) groups excluding carboxylic acids is 6. The number of ether oxygens (including phenoxy) is 1. The van der Waals surface area contributed by atoms with Gasteiger partial charge in [-0.1, -0.05) is 171 Å². The molecule has 22 rings (SSSR count). The lowest BCUT2D eigenvalue weighted by molar-refractivity contribution is 0.0504. The predicted molar refractivity (Wildman–Crippen MR) is 527 cm³/mol. The van der Waals surface area contributed by atoms with Gasteiger partial charge in [0.15, 0.2) is 28.9 Å². The van der Waals surface area contributed by atoms with E-state index in [1.165, 1.54) is 64.5 Å². The molecule has 3 aliphatic heterocycles. The molecule has 6 N–H and O–H groups in total. The second kappa shape index (κ2) is 35.6. The smallest absolute Gasteiger partial charge is 0.274 e. The number of rotatable bonds is 8. The van der Waals surface area contributed by atoms with Gasteiger partial charge in [-0.25, -0.2) is 10.4 Å². The Kier molecular flexibility index (Phi) is 25.0. The standard InChI is InChI=1S/C23H20O2S.C22H17N3O4.C22H30O3.C21H14Br2O2S.C21H22O4.CH4/c1-16-13-19(14-17(2)22(16)24)12-11-18-7-6-8-20(15-18)23(25)26-21-9-4-3-5-10-21;1-10-3-4-22(2)15-8-11-12(21(28)25-20(18(11)27)23-5-6-24-25)7-13(15)17(26)19-16(22)14(10)9-29-19;1-12-7-8-16-21(3,4)9-6-10-22(16,5)17-14-11-15(23)18(24)13(2)20(14)25-19(12)17;22-18-12-15(13-19(23)20(18)24)10-9-14-5-4-6-16(11-14)21(25)26-17-7-2-1-3-8-17;1-9-4-5-11-13-12(6-7-20(9,11)2)21(3)14-10(8-24-17(14)16(13)23)15(22)18-19(21)25-18;/h3-15,24H,1-2H3;7-9,24H,1,3-6H2,2H3;11-12,16,23-24H,6-10H2,1-5H3;1-13,24H;8,11,15,18-19,22H,1,4-7H2,2-3H3;1H4/b12-11+;;;10-9+;;/t;22-;12-,16+,22+;;11-,15+,18-,19-,20+,21+;/m.01.0./s1. The lowest BCUT2D eigenvalue weighted by Crippen LogP contribution is -2.56. The van der Waals surface area contributed by atoms with Crippen LogP contribution in [0.25, 0.3) is 40.8 Å². The van der Waals surface area contributed by atoms with Gasteiger partial charge in [0, 0.05) is 99.7 Å². The third-order valence-electron chi connectivity index (χ3n) is 29.6. The highest BCUT2D eigenvalue weighted by Crippen LogP contribution is 2.67. The lowest BCUT2D eigenvalue weighted by Gasteiger charge is -2.50. The maximum atomic E-state index is 13.4. The molecule has 11 aliphatic rings. The molecule has 1 saturated heterocycles. The van der Waals surface area contributed by atoms with E-state index >= 15 is 0 Å². The van der Waals surface area contributed by atoms with Gasteiger partial charge >= 0.3 is 0 Å². The first-order chi connectivity index (χ1) is 62.5. The quantitative estimate of drug-likeness (QED) is 0.0271. The summed E-state index contributed by atoms with van der Waals surface area (Å²) in [4.78, 5) is 83.8. The molecule has 22 heteroatoms. The summed E-state index contributed by atoms with van der Waals surface area (Å²) in [5.41, 5.74) is 21.6. The average Bonchev–Trinajstić information content (AvgIpc) is 1.49. The minimum Gasteiger partial charge on any atom is -0.507 e. The summed E-state index contributed by atoms with van der Waals surface area (Å²) >= 11 is 9.10. The lowest BCUT2D eigenvalue weighted by atomic mass is 9.53. The van der Waals surface area contributed by atoms with E-state index < -0.39 is 11.5 Å². The van der Waals surface area contributed by atoms with Gasteiger partial charge in [-0.05, 0) is 304 Å². The molecule has 0 unspecified atom stereocenters. The summed E-state index contributed by atoms with van der Waals surface area (Å²) in [6.07, 6.45) is 21.6. The molecule has 0 bridgehead atoms. The van der Waals surface area contributed by atoms with Crippen LogP contribution in [-0.4, -0.2) is 95.2 Å². The molecule has 3 fully saturated rings. The van der Waals surface area contributed by atoms with Gasteiger partial charge in [0.1, 0.15) is 41.2 Å². The Morgan fingerprint density at radius 3 is 1.84 bits per heavy atom. The van der Waals surface area contributed by atoms with Crippen LogP contribution in [0.5, 0.6) is 23.0 Å². The molecule has 10 atom stereocenters. The number of phenolic OH excluding ortho intramolecular Hbond substituents is 4. The number of thioether (sulfide) groups is 2. The molecule has 18 nitrogen and oxygen atoms in total. The number of hydrazine groups is 1. The number of fused-ring (bicyclic) bond motifs is 14. The number of ketones is 3. The van der Waals surface area contributed by atoms with Crippen molar-refractivity contribution in [2.45, 2.75) is 198 Å². The molecule has 8 aliphatic carbocycles. The number of nitrogens with one attached hydrogen (secondary N) is 1. The maximum Gasteiger partial charge on any atom is 0.274 e. The number of hydrogen-bond acceptors (Lipinski definition) is 19. The number of allylic oxidation sites excluding steroid dienone is 3. The zero-order valence-electron chi connectivity index (χ0n) is 74.8. The first-order valence-electron chi connectivity index (χ1n) is 44.7. The number of hydrogen-bond donors (Lipinski definition) is 6. The van der Waals surface area contributed by atoms with Crippen molar-refractivity contribution in [2.75, 3.05) is 13.1 Å². The first-order valence-corrected chi connectivity index (χ1v) is 47.9. The van der Waals surface area contributed by atoms with Crippen molar-refractivity contribution in [3.05, 3.63) is 320 Å². The van der Waals surface area contributed by atoms with Crippen LogP contribution in [0.3, 0.4) is 0 Å². The number of aliphatic hydroxyl groups is 1. The van der Waals surface area contributed by atoms with Crippen molar-refractivity contribution >= 4 is 136 Å². The van der Waals surface area contributed by atoms with Gasteiger partial charge in [0.25, 0.3) is 5.91 Å². The van der Waals surface area contributed by atoms with Crippen LogP contribution in [0.1, 0.15) is 285 Å². The van der Waals surface area contributed by atoms with Crippen molar-refractivity contribution in [1.82, 2.24) is 10.4 Å². The van der Waals surface area contributed by atoms with E-state index in [0.29, 0.717) is 84.4 Å². The van der Waals surface area contributed by atoms with Gasteiger partial charge < -0.3 is 43.5 Å². The number of furan rings is 3. The number of aliphatic imine (C=N–C) groups is 1. The second-order valence-corrected chi connectivity index (χ2v) is 41.9. The Hall–Kier alpha value is -11.2. The van der Waals surface area contributed by atoms with Crippen LogP contribution in [0.15, 0.2) is 231 Å². The molecule has 132 heavy (non-hydrogen) atoms. The molecule has 2 saturated carbocycles. The van der Waals surface area contributed by atoms with Crippen molar-refractivity contribution < 1.29 is 72.3 Å². The number of epoxide rings is 1. The zero-order valence-corrected chi connectivity index (χ0v) is 79.6. The van der Waals surface area contributed by atoms with E-state index in [9.17, 15) is 54.3 Å². The Morgan fingerprint density at radius 2 is 1.20 bits per heavy atom. The molecule has 678 valence electrons. The SMILES string of the molecule is C.C=C1CC[C@@]2(C)c3cc4c(cc3C(=O)c3occ1c32)C(=O)N1NCCN=C1C4=O.C=C1CC[C@H]2C3=C(CC[C@]12C)[C@]1(C)c2c(coc2C3=O)[C@@H](O)[C@@H]2O[C@@H]21.Cc1c(O)c(O)cc2c3c(oc12)[C@H](C)CC[C@H]1C(C)(C)CCC[C@]31C.Cc1cc(/C=C/c2cccc(C(=O)Sc3ccccc3)c2)cc(C)c1O.O=C(Sc1ccccc1)c1cccc(/C=C/c2cc(Br)c(O)c(Br)c2)c1. The number of nitrogens with zero attached hydrogens (tertiary/aromatic N) is 2. The van der Waals surface area contributed by atoms with Crippen LogP contribution in [-0.2, 0) is 21.0 Å². The molecular weight excluding hydrogens is 1830 g/mol. The van der Waals surface area contributed by atoms with Crippen molar-refractivity contribution in [1.29, 1.82) is 0 Å². The minimum atomic E-state index is -0.680. The van der Waals surface area contributed by atoms with E-state index in [1.54, 1.807) is 30.7 Å². The van der Waals surface area contributed by atoms with Crippen LogP contribution >= 0.6 is 55.4 Å².